The van der Waals surface area contributed by atoms with Gasteiger partial charge in [0.15, 0.2) is 5.82 Å². The third-order valence-electron chi connectivity index (χ3n) is 7.39. The van der Waals surface area contributed by atoms with Gasteiger partial charge in [0.25, 0.3) is 11.8 Å². The van der Waals surface area contributed by atoms with E-state index in [4.69, 9.17) is 16.4 Å². The van der Waals surface area contributed by atoms with Crippen molar-refractivity contribution < 1.29 is 28.7 Å². The molecule has 6 rings (SSSR count). The van der Waals surface area contributed by atoms with Crippen molar-refractivity contribution in [1.29, 1.82) is 0 Å². The molecule has 3 aromatic carbocycles. The number of carbonyl (C=O) groups is 3. The summed E-state index contributed by atoms with van der Waals surface area (Å²) in [4.78, 5) is 50.2. The number of aromatic nitrogens is 3. The lowest BCUT2D eigenvalue weighted by Crippen LogP contribution is -2.49. The lowest BCUT2D eigenvalue weighted by Gasteiger charge is -2.37. The molecule has 1 aromatic heterocycles. The number of fused-ring (bicyclic) bond motifs is 1. The predicted octanol–water partition coefficient (Wildman–Crippen LogP) is 4.32. The van der Waals surface area contributed by atoms with E-state index in [1.165, 1.54) is 41.3 Å². The van der Waals surface area contributed by atoms with E-state index < -0.39 is 35.7 Å². The molecule has 0 bridgehead atoms. The van der Waals surface area contributed by atoms with Gasteiger partial charge in [0.2, 0.25) is 6.10 Å². The highest BCUT2D eigenvalue weighted by molar-refractivity contribution is 6.31. The molecule has 218 valence electrons. The van der Waals surface area contributed by atoms with E-state index in [1.807, 2.05) is 6.07 Å². The third-order valence-corrected chi connectivity index (χ3v) is 7.68. The number of nitrogens with one attached hydrogen (secondary N) is 1. The van der Waals surface area contributed by atoms with Crippen molar-refractivity contribution in [2.75, 3.05) is 11.9 Å². The SMILES string of the molecule is Cc1ncn(-c2cccc3c2CCN(C(=O)C2CC(c4cccc(Cl)c4F)=NO2)[C@@H]3C(=O)Nc2ccc(C(=O)O)cc2)n1. The molecule has 2 amide bonds. The van der Waals surface area contributed by atoms with Gasteiger partial charge in [-0.1, -0.05) is 35.0 Å². The molecule has 1 unspecified atom stereocenters. The molecule has 4 aromatic rings. The standard InChI is InChI=1S/C30H24ClFN6O5/c1-16-33-15-38(35-16)24-7-3-4-20-19(24)12-13-37(27(20)28(39)34-18-10-8-17(9-11-18)30(41)42)29(40)25-14-23(36-43-25)21-5-2-6-22(31)26(21)32/h2-11,15,25,27H,12-14H2,1H3,(H,34,39)(H,41,42)/t25?,27-/m0/s1. The number of carboxylic acid groups (broad SMARTS) is 1. The number of carboxylic acids is 1. The van der Waals surface area contributed by atoms with Crippen LogP contribution in [0.1, 0.15) is 45.3 Å². The molecule has 0 fully saturated rings. The molecule has 2 aliphatic rings. The van der Waals surface area contributed by atoms with E-state index in [9.17, 15) is 23.9 Å². The summed E-state index contributed by atoms with van der Waals surface area (Å²) in [6, 6.07) is 14.6. The predicted molar refractivity (Wildman–Crippen MR) is 154 cm³/mol. The number of rotatable bonds is 6. The zero-order valence-corrected chi connectivity index (χ0v) is 23.5. The lowest BCUT2D eigenvalue weighted by molar-refractivity contribution is -0.148. The molecule has 0 spiro atoms. The van der Waals surface area contributed by atoms with Crippen LogP contribution in [0.3, 0.4) is 0 Å². The molecular formula is C30H24ClFN6O5. The Morgan fingerprint density at radius 3 is 2.58 bits per heavy atom. The zero-order valence-electron chi connectivity index (χ0n) is 22.7. The largest absolute Gasteiger partial charge is 0.478 e. The van der Waals surface area contributed by atoms with Crippen molar-refractivity contribution in [3.05, 3.63) is 106 Å². The summed E-state index contributed by atoms with van der Waals surface area (Å²) in [5, 5.41) is 20.3. The van der Waals surface area contributed by atoms with Crippen LogP contribution in [-0.2, 0) is 20.8 Å². The van der Waals surface area contributed by atoms with Gasteiger partial charge in [-0.25, -0.2) is 18.9 Å². The summed E-state index contributed by atoms with van der Waals surface area (Å²) in [6.45, 7) is 1.94. The Kier molecular flexibility index (Phi) is 7.36. The highest BCUT2D eigenvalue weighted by Gasteiger charge is 2.42. The lowest BCUT2D eigenvalue weighted by atomic mass is 9.89. The van der Waals surface area contributed by atoms with E-state index in [-0.39, 0.29) is 34.8 Å². The third kappa shape index (κ3) is 5.32. The van der Waals surface area contributed by atoms with Gasteiger partial charge in [-0.15, -0.1) is 0 Å². The minimum atomic E-state index is -1.09. The second-order valence-corrected chi connectivity index (χ2v) is 10.5. The second kappa shape index (κ2) is 11.3. The van der Waals surface area contributed by atoms with Gasteiger partial charge >= 0.3 is 5.97 Å². The van der Waals surface area contributed by atoms with Crippen molar-refractivity contribution in [2.24, 2.45) is 5.16 Å². The van der Waals surface area contributed by atoms with Crippen molar-refractivity contribution in [1.82, 2.24) is 19.7 Å². The van der Waals surface area contributed by atoms with Crippen LogP contribution in [-0.4, -0.2) is 60.9 Å². The minimum absolute atomic E-state index is 0.0112. The summed E-state index contributed by atoms with van der Waals surface area (Å²) in [7, 11) is 0. The molecule has 0 radical (unpaired) electrons. The smallest absolute Gasteiger partial charge is 0.335 e. The molecule has 13 heteroatoms. The molecule has 43 heavy (non-hydrogen) atoms. The Balaban J connectivity index is 1.32. The van der Waals surface area contributed by atoms with Crippen molar-refractivity contribution >= 4 is 40.8 Å². The van der Waals surface area contributed by atoms with Gasteiger partial charge in [0.05, 0.1) is 22.0 Å². The first-order valence-corrected chi connectivity index (χ1v) is 13.7. The van der Waals surface area contributed by atoms with Gasteiger partial charge in [-0.2, -0.15) is 5.10 Å². The first-order chi connectivity index (χ1) is 20.7. The first-order valence-electron chi connectivity index (χ1n) is 13.3. The van der Waals surface area contributed by atoms with E-state index >= 15 is 0 Å². The Bertz CT molecular complexity index is 1790. The molecule has 2 atom stereocenters. The Morgan fingerprint density at radius 1 is 1.09 bits per heavy atom. The molecule has 11 nitrogen and oxygen atoms in total. The maximum Gasteiger partial charge on any atom is 0.335 e. The maximum absolute atomic E-state index is 14.7. The molecular weight excluding hydrogens is 579 g/mol. The fraction of sp³-hybridized carbons (Fsp3) is 0.200. The van der Waals surface area contributed by atoms with Crippen molar-refractivity contribution in [3.8, 4) is 5.69 Å². The Labute approximate surface area is 249 Å². The Hall–Kier alpha value is -5.10. The summed E-state index contributed by atoms with van der Waals surface area (Å²) in [5.41, 5.74) is 2.94. The number of nitrogens with zero attached hydrogens (tertiary/aromatic N) is 5. The van der Waals surface area contributed by atoms with Gasteiger partial charge < -0.3 is 20.2 Å². The van der Waals surface area contributed by atoms with Crippen LogP contribution < -0.4 is 5.32 Å². The summed E-state index contributed by atoms with van der Waals surface area (Å²) in [5.74, 6) is -2.18. The summed E-state index contributed by atoms with van der Waals surface area (Å²) in [6.07, 6.45) is 0.905. The van der Waals surface area contributed by atoms with Crippen LogP contribution in [0, 0.1) is 12.7 Å². The average Bonchev–Trinajstić information content (AvgIpc) is 3.67. The second-order valence-electron chi connectivity index (χ2n) is 10.1. The van der Waals surface area contributed by atoms with Gasteiger partial charge in [-0.05, 0) is 66.9 Å². The number of carbonyl (C=O) groups excluding carboxylic acids is 2. The summed E-state index contributed by atoms with van der Waals surface area (Å²) >= 11 is 5.93. The van der Waals surface area contributed by atoms with E-state index in [0.717, 1.165) is 11.3 Å². The minimum Gasteiger partial charge on any atom is -0.478 e. The highest BCUT2D eigenvalue weighted by atomic mass is 35.5. The number of hydrogen-bond acceptors (Lipinski definition) is 7. The maximum atomic E-state index is 14.7. The fourth-order valence-corrected chi connectivity index (χ4v) is 5.51. The van der Waals surface area contributed by atoms with Crippen molar-refractivity contribution in [3.63, 3.8) is 0 Å². The number of benzene rings is 3. The number of oxime groups is 1. The van der Waals surface area contributed by atoms with Crippen molar-refractivity contribution in [2.45, 2.75) is 31.9 Å². The van der Waals surface area contributed by atoms with Gasteiger partial charge in [0, 0.05) is 24.2 Å². The van der Waals surface area contributed by atoms with E-state index in [0.29, 0.717) is 23.5 Å². The number of halogens is 2. The van der Waals surface area contributed by atoms with Gasteiger partial charge in [0.1, 0.15) is 18.2 Å². The van der Waals surface area contributed by atoms with Crippen LogP contribution in [0.4, 0.5) is 10.1 Å². The van der Waals surface area contributed by atoms with E-state index in [2.05, 4.69) is 20.6 Å². The molecule has 2 aliphatic heterocycles. The molecule has 3 heterocycles. The normalized spacial score (nSPS) is 17.6. The number of amides is 2. The van der Waals surface area contributed by atoms with Crippen LogP contribution in [0.25, 0.3) is 5.69 Å². The van der Waals surface area contributed by atoms with Crippen LogP contribution in [0.5, 0.6) is 0 Å². The quantitative estimate of drug-likeness (QED) is 0.335. The number of aryl methyl sites for hydroxylation is 1. The van der Waals surface area contributed by atoms with Crippen LogP contribution >= 0.6 is 11.6 Å². The number of hydrogen-bond donors (Lipinski definition) is 2. The van der Waals surface area contributed by atoms with Crippen LogP contribution in [0.15, 0.2) is 72.1 Å². The number of anilines is 1. The highest BCUT2D eigenvalue weighted by Crippen LogP contribution is 2.36. The molecule has 0 saturated heterocycles. The average molecular weight is 603 g/mol. The number of aromatic carboxylic acids is 1. The monoisotopic (exact) mass is 602 g/mol. The first kappa shape index (κ1) is 28.0. The topological polar surface area (TPSA) is 139 Å². The van der Waals surface area contributed by atoms with E-state index in [1.54, 1.807) is 36.1 Å². The van der Waals surface area contributed by atoms with Crippen LogP contribution in [0.2, 0.25) is 5.02 Å². The van der Waals surface area contributed by atoms with Gasteiger partial charge in [-0.3, -0.25) is 9.59 Å². The molecule has 0 aliphatic carbocycles. The molecule has 2 N–H and O–H groups in total. The molecule has 0 saturated carbocycles. The Morgan fingerprint density at radius 2 is 1.86 bits per heavy atom. The fourth-order valence-electron chi connectivity index (χ4n) is 5.33. The summed E-state index contributed by atoms with van der Waals surface area (Å²) < 4.78 is 16.3. The zero-order chi connectivity index (χ0) is 30.2.